The van der Waals surface area contributed by atoms with Crippen LogP contribution < -0.4 is 10.6 Å². The first-order valence-corrected chi connectivity index (χ1v) is 10.8. The van der Waals surface area contributed by atoms with E-state index in [0.29, 0.717) is 41.1 Å². The lowest BCUT2D eigenvalue weighted by molar-refractivity contribution is 0.0959. The van der Waals surface area contributed by atoms with E-state index in [9.17, 15) is 14.0 Å². The smallest absolute Gasteiger partial charge is 0.265 e. The minimum atomic E-state index is -0.723. The number of carbonyl (C=O) groups is 2. The van der Waals surface area contributed by atoms with Crippen molar-refractivity contribution in [2.75, 3.05) is 5.32 Å². The van der Waals surface area contributed by atoms with Gasteiger partial charge in [-0.2, -0.15) is 0 Å². The number of fused-ring (bicyclic) bond motifs is 1. The molecule has 0 saturated heterocycles. The van der Waals surface area contributed by atoms with Crippen LogP contribution in [0.15, 0.2) is 40.9 Å². The average molecular weight is 535 g/mol. The van der Waals surface area contributed by atoms with Gasteiger partial charge in [0.2, 0.25) is 0 Å². The van der Waals surface area contributed by atoms with Crippen LogP contribution in [0.4, 0.5) is 10.1 Å². The second-order valence-corrected chi connectivity index (χ2v) is 9.56. The molecule has 0 aliphatic carbocycles. The molecule has 1 aliphatic rings. The summed E-state index contributed by atoms with van der Waals surface area (Å²) in [6, 6.07) is 7.95. The van der Waals surface area contributed by atoms with Gasteiger partial charge in [0.05, 0.1) is 15.9 Å². The third-order valence-corrected chi connectivity index (χ3v) is 7.01. The molecule has 0 saturated carbocycles. The maximum atomic E-state index is 13.8. The zero-order valence-corrected chi connectivity index (χ0v) is 18.8. The van der Waals surface area contributed by atoms with E-state index in [2.05, 4.69) is 26.6 Å². The molecule has 4 rings (SSSR count). The summed E-state index contributed by atoms with van der Waals surface area (Å²) in [5.74, 6) is -1.28. The predicted octanol–water partition coefficient (Wildman–Crippen LogP) is 6.70. The fraction of sp³-hybridized carbons (Fsp3) is 0.0526. The molecule has 1 aliphatic heterocycles. The van der Waals surface area contributed by atoms with Crippen LogP contribution in [-0.2, 0) is 0 Å². The van der Waals surface area contributed by atoms with E-state index in [1.165, 1.54) is 24.3 Å². The van der Waals surface area contributed by atoms with E-state index in [1.54, 1.807) is 12.1 Å². The quantitative estimate of drug-likeness (QED) is 0.393. The molecule has 1 aromatic heterocycles. The molecule has 2 aromatic carbocycles. The summed E-state index contributed by atoms with van der Waals surface area (Å²) in [7, 11) is 0. The third kappa shape index (κ3) is 3.90. The van der Waals surface area contributed by atoms with Crippen molar-refractivity contribution in [2.45, 2.75) is 6.04 Å². The van der Waals surface area contributed by atoms with Crippen LogP contribution in [0, 0.1) is 5.82 Å². The molecular formula is C19H9BrCl3FN2O2S. The number of amides is 2. The van der Waals surface area contributed by atoms with Crippen LogP contribution in [0.5, 0.6) is 0 Å². The molecule has 4 nitrogen and oxygen atoms in total. The maximum absolute atomic E-state index is 13.8. The Morgan fingerprint density at radius 2 is 1.90 bits per heavy atom. The first-order valence-electron chi connectivity index (χ1n) is 8.10. The van der Waals surface area contributed by atoms with Crippen LogP contribution in [-0.4, -0.2) is 11.8 Å². The molecule has 29 heavy (non-hydrogen) atoms. The Bertz CT molecular complexity index is 1170. The highest BCUT2D eigenvalue weighted by Crippen LogP contribution is 2.41. The van der Waals surface area contributed by atoms with Crippen LogP contribution in [0.2, 0.25) is 14.4 Å². The zero-order valence-electron chi connectivity index (χ0n) is 14.2. The van der Waals surface area contributed by atoms with Gasteiger partial charge in [0.1, 0.15) is 10.2 Å². The Morgan fingerprint density at radius 3 is 2.59 bits per heavy atom. The maximum Gasteiger partial charge on any atom is 0.265 e. The summed E-state index contributed by atoms with van der Waals surface area (Å²) in [6.07, 6.45) is 0. The standard InChI is InChI=1S/C19H9BrCl3FN2O2S/c20-7-3-10-15(13(4-7)25-19(28)14-6-12(22)17(23)29-14)16(26-18(10)27)9-5-8(24)1-2-11(9)21/h1-6,16H,(H,25,28)(H,26,27). The number of halogens is 5. The molecule has 3 aromatic rings. The molecule has 0 spiro atoms. The van der Waals surface area contributed by atoms with E-state index >= 15 is 0 Å². The average Bonchev–Trinajstić information content (AvgIpc) is 3.17. The number of thiophene rings is 1. The lowest BCUT2D eigenvalue weighted by Crippen LogP contribution is -2.21. The lowest BCUT2D eigenvalue weighted by Gasteiger charge is -2.18. The third-order valence-electron chi connectivity index (χ3n) is 4.34. The fourth-order valence-electron chi connectivity index (χ4n) is 3.11. The van der Waals surface area contributed by atoms with Crippen molar-refractivity contribution < 1.29 is 14.0 Å². The normalized spacial score (nSPS) is 15.2. The molecule has 0 bridgehead atoms. The highest BCUT2D eigenvalue weighted by Gasteiger charge is 2.34. The Morgan fingerprint density at radius 1 is 1.14 bits per heavy atom. The van der Waals surface area contributed by atoms with Crippen molar-refractivity contribution >= 4 is 79.6 Å². The monoisotopic (exact) mass is 532 g/mol. The van der Waals surface area contributed by atoms with Gasteiger partial charge in [-0.3, -0.25) is 9.59 Å². The van der Waals surface area contributed by atoms with Gasteiger partial charge in [-0.1, -0.05) is 50.7 Å². The van der Waals surface area contributed by atoms with Crippen molar-refractivity contribution in [3.63, 3.8) is 0 Å². The number of benzene rings is 2. The van der Waals surface area contributed by atoms with Gasteiger partial charge in [0.25, 0.3) is 11.8 Å². The molecule has 1 unspecified atom stereocenters. The molecular weight excluding hydrogens is 526 g/mol. The van der Waals surface area contributed by atoms with Crippen molar-refractivity contribution in [1.29, 1.82) is 0 Å². The number of nitrogens with one attached hydrogen (secondary N) is 2. The predicted molar refractivity (Wildman–Crippen MR) is 117 cm³/mol. The summed E-state index contributed by atoms with van der Waals surface area (Å²) < 4.78 is 14.7. The number of carbonyl (C=O) groups excluding carboxylic acids is 2. The Labute approximate surface area is 192 Å². The van der Waals surface area contributed by atoms with E-state index < -0.39 is 17.8 Å². The van der Waals surface area contributed by atoms with E-state index in [0.717, 1.165) is 11.3 Å². The van der Waals surface area contributed by atoms with Crippen LogP contribution in [0.1, 0.15) is 37.2 Å². The molecule has 2 amide bonds. The second-order valence-electron chi connectivity index (χ2n) is 6.17. The molecule has 0 fully saturated rings. The van der Waals surface area contributed by atoms with E-state index in [-0.39, 0.29) is 10.9 Å². The van der Waals surface area contributed by atoms with Crippen LogP contribution in [0.25, 0.3) is 0 Å². The summed E-state index contributed by atoms with van der Waals surface area (Å²) in [4.78, 5) is 25.6. The lowest BCUT2D eigenvalue weighted by atomic mass is 9.96. The SMILES string of the molecule is O=C(Nc1cc(Br)cc2c1C(c1cc(F)ccc1Cl)NC2=O)c1cc(Cl)c(Cl)s1. The number of hydrogen-bond donors (Lipinski definition) is 2. The van der Waals surface area contributed by atoms with Crippen molar-refractivity contribution in [2.24, 2.45) is 0 Å². The summed E-state index contributed by atoms with van der Waals surface area (Å²) in [5.41, 5.74) is 1.61. The van der Waals surface area contributed by atoms with Crippen molar-refractivity contribution in [3.8, 4) is 0 Å². The van der Waals surface area contributed by atoms with Gasteiger partial charge in [0.15, 0.2) is 0 Å². The summed E-state index contributed by atoms with van der Waals surface area (Å²) in [5, 5.41) is 6.16. The fourth-order valence-corrected chi connectivity index (χ4v) is 5.06. The molecule has 10 heteroatoms. The van der Waals surface area contributed by atoms with Gasteiger partial charge in [-0.25, -0.2) is 4.39 Å². The van der Waals surface area contributed by atoms with Gasteiger partial charge in [0, 0.05) is 31.9 Å². The largest absolute Gasteiger partial charge is 0.341 e. The molecule has 1 atom stereocenters. The Balaban J connectivity index is 1.80. The Kier molecular flexibility index (Phi) is 5.61. The van der Waals surface area contributed by atoms with Crippen molar-refractivity contribution in [1.82, 2.24) is 5.32 Å². The van der Waals surface area contributed by atoms with Crippen LogP contribution >= 0.6 is 62.1 Å². The highest BCUT2D eigenvalue weighted by atomic mass is 79.9. The minimum Gasteiger partial charge on any atom is -0.341 e. The first-order chi connectivity index (χ1) is 13.7. The van der Waals surface area contributed by atoms with E-state index in [4.69, 9.17) is 34.8 Å². The topological polar surface area (TPSA) is 58.2 Å². The first kappa shape index (κ1) is 20.6. The van der Waals surface area contributed by atoms with Gasteiger partial charge in [-0.15, -0.1) is 11.3 Å². The van der Waals surface area contributed by atoms with Crippen molar-refractivity contribution in [3.05, 3.63) is 82.6 Å². The minimum absolute atomic E-state index is 0.280. The number of rotatable bonds is 3. The molecule has 2 heterocycles. The molecule has 0 radical (unpaired) electrons. The summed E-state index contributed by atoms with van der Waals surface area (Å²) >= 11 is 22.5. The van der Waals surface area contributed by atoms with Gasteiger partial charge < -0.3 is 10.6 Å². The zero-order chi connectivity index (χ0) is 20.9. The highest BCUT2D eigenvalue weighted by molar-refractivity contribution is 9.10. The van der Waals surface area contributed by atoms with Crippen LogP contribution in [0.3, 0.4) is 0 Å². The van der Waals surface area contributed by atoms with E-state index in [1.807, 2.05) is 0 Å². The second kappa shape index (κ2) is 7.89. The summed E-state index contributed by atoms with van der Waals surface area (Å²) in [6.45, 7) is 0. The number of hydrogen-bond acceptors (Lipinski definition) is 3. The number of anilines is 1. The Hall–Kier alpha value is -1.64. The van der Waals surface area contributed by atoms with Gasteiger partial charge in [-0.05, 0) is 36.4 Å². The molecule has 2 N–H and O–H groups in total. The molecule has 148 valence electrons. The van der Waals surface area contributed by atoms with Gasteiger partial charge >= 0.3 is 0 Å².